The van der Waals surface area contributed by atoms with E-state index in [4.69, 9.17) is 24.2 Å². The topological polar surface area (TPSA) is 109 Å². The van der Waals surface area contributed by atoms with Crippen LogP contribution in [0.2, 0.25) is 0 Å². The summed E-state index contributed by atoms with van der Waals surface area (Å²) >= 11 is 0. The molecule has 3 aromatic rings. The number of carbonyl (C=O) groups excluding carboxylic acids is 2. The minimum Gasteiger partial charge on any atom is -0.488 e. The fourth-order valence-electron chi connectivity index (χ4n) is 8.67. The van der Waals surface area contributed by atoms with Crippen molar-refractivity contribution in [3.8, 4) is 28.1 Å². The quantitative estimate of drug-likeness (QED) is 0.291. The SMILES string of the molecule is C[C@H]1CC[C@@H](C2=NC3=C(C2)c2cc4c(cc2CC3)-c2ccc(-c3cnc([C@@H]5CC[C@H](C)N5C(=O)OC(C)(C)C)[nH]3)cc2CO4)N1C(=O)OC(C)(C)C. The Balaban J connectivity index is 1.01. The maximum absolute atomic E-state index is 13.2. The van der Waals surface area contributed by atoms with Crippen LogP contribution in [-0.2, 0) is 22.5 Å². The zero-order valence-corrected chi connectivity index (χ0v) is 31.8. The number of amides is 2. The maximum Gasteiger partial charge on any atom is 0.411 e. The number of H-pyrrole nitrogens is 1. The number of aromatic nitrogens is 2. The number of allylic oxidation sites excluding steroid dienone is 2. The van der Waals surface area contributed by atoms with Crippen LogP contribution in [0.3, 0.4) is 0 Å². The highest BCUT2D eigenvalue weighted by atomic mass is 16.6. The molecule has 0 radical (unpaired) electrons. The summed E-state index contributed by atoms with van der Waals surface area (Å²) in [6.45, 7) is 16.1. The number of imidazole rings is 1. The summed E-state index contributed by atoms with van der Waals surface area (Å²) in [4.78, 5) is 43.6. The molecule has 274 valence electrons. The van der Waals surface area contributed by atoms with Crippen LogP contribution in [0.25, 0.3) is 28.0 Å². The highest BCUT2D eigenvalue weighted by Crippen LogP contribution is 2.47. The third kappa shape index (κ3) is 6.28. The molecule has 0 spiro atoms. The molecule has 1 aromatic heterocycles. The predicted octanol–water partition coefficient (Wildman–Crippen LogP) is 9.39. The summed E-state index contributed by atoms with van der Waals surface area (Å²) in [5.74, 6) is 1.68. The molecule has 0 saturated carbocycles. The van der Waals surface area contributed by atoms with E-state index in [1.165, 1.54) is 22.3 Å². The molecule has 2 aromatic carbocycles. The van der Waals surface area contributed by atoms with E-state index in [1.807, 2.05) is 57.5 Å². The Kier molecular flexibility index (Phi) is 8.30. The normalized spacial score (nSPS) is 23.8. The molecule has 2 fully saturated rings. The zero-order valence-electron chi connectivity index (χ0n) is 31.8. The van der Waals surface area contributed by atoms with E-state index in [0.29, 0.717) is 6.61 Å². The smallest absolute Gasteiger partial charge is 0.411 e. The standard InChI is InChI=1S/C42H51N5O5/c1-23-9-15-35(46(23)39(48)51-41(3,4)5)33-19-30-29-20-37-31(18-25(29)12-14-32(30)44-33)28-13-11-26(17-27(28)22-50-37)34-21-43-38(45-34)36-16-10-24(2)47(36)40(49)52-42(6,7)8/h11,13,17-18,20-21,23-24,35-36H,9-10,12,14-16,19,22H2,1-8H3,(H,43,45)/t23-,24-,35-,36-/m0/s1. The van der Waals surface area contributed by atoms with Crippen LogP contribution in [0, 0.1) is 0 Å². The Labute approximate surface area is 306 Å². The second kappa shape index (κ2) is 12.5. The first-order valence-corrected chi connectivity index (χ1v) is 18.9. The average Bonchev–Trinajstić information content (AvgIpc) is 3.87. The lowest BCUT2D eigenvalue weighted by molar-refractivity contribution is 0.0149. The summed E-state index contributed by atoms with van der Waals surface area (Å²) in [5.41, 5.74) is 10.3. The summed E-state index contributed by atoms with van der Waals surface area (Å²) < 4.78 is 18.0. The molecular weight excluding hydrogens is 654 g/mol. The first kappa shape index (κ1) is 34.5. The predicted molar refractivity (Wildman–Crippen MR) is 201 cm³/mol. The van der Waals surface area contributed by atoms with Crippen molar-refractivity contribution >= 4 is 23.5 Å². The number of hydrogen-bond donors (Lipinski definition) is 1. The number of ether oxygens (including phenoxy) is 3. The van der Waals surface area contributed by atoms with E-state index in [0.717, 1.165) is 90.3 Å². The Hall–Kier alpha value is -4.60. The number of nitrogens with one attached hydrogen (secondary N) is 1. The van der Waals surface area contributed by atoms with Crippen LogP contribution in [-0.4, -0.2) is 67.0 Å². The van der Waals surface area contributed by atoms with Gasteiger partial charge in [-0.05, 0) is 146 Å². The van der Waals surface area contributed by atoms with E-state index >= 15 is 0 Å². The van der Waals surface area contributed by atoms with Crippen molar-refractivity contribution in [2.75, 3.05) is 0 Å². The number of fused-ring (bicyclic) bond motifs is 5. The van der Waals surface area contributed by atoms with Gasteiger partial charge in [-0.2, -0.15) is 0 Å². The zero-order chi connectivity index (χ0) is 36.7. The number of carbonyl (C=O) groups is 2. The van der Waals surface area contributed by atoms with E-state index in [9.17, 15) is 9.59 Å². The van der Waals surface area contributed by atoms with Gasteiger partial charge in [-0.15, -0.1) is 0 Å². The number of benzene rings is 2. The lowest BCUT2D eigenvalue weighted by Crippen LogP contribution is -2.46. The van der Waals surface area contributed by atoms with Gasteiger partial charge in [-0.3, -0.25) is 14.8 Å². The molecule has 8 rings (SSSR count). The molecule has 52 heavy (non-hydrogen) atoms. The van der Waals surface area contributed by atoms with E-state index in [2.05, 4.69) is 49.2 Å². The summed E-state index contributed by atoms with van der Waals surface area (Å²) in [6, 6.07) is 11.1. The lowest BCUT2D eigenvalue weighted by atomic mass is 9.83. The van der Waals surface area contributed by atoms with Gasteiger partial charge in [-0.25, -0.2) is 14.6 Å². The highest BCUT2D eigenvalue weighted by Gasteiger charge is 2.42. The molecule has 2 amide bonds. The van der Waals surface area contributed by atoms with Gasteiger partial charge in [-0.1, -0.05) is 12.1 Å². The molecule has 0 bridgehead atoms. The second-order valence-corrected chi connectivity index (χ2v) is 17.2. The number of aryl methyl sites for hydroxylation is 1. The van der Waals surface area contributed by atoms with E-state index < -0.39 is 11.2 Å². The Bertz CT molecular complexity index is 2010. The van der Waals surface area contributed by atoms with Gasteiger partial charge in [0.1, 0.15) is 29.4 Å². The van der Waals surface area contributed by atoms with E-state index in [-0.39, 0.29) is 36.4 Å². The van der Waals surface area contributed by atoms with Crippen LogP contribution >= 0.6 is 0 Å². The van der Waals surface area contributed by atoms with Crippen molar-refractivity contribution in [1.29, 1.82) is 0 Å². The number of rotatable bonds is 3. The third-order valence-electron chi connectivity index (χ3n) is 11.1. The molecule has 4 atom stereocenters. The molecule has 10 heteroatoms. The number of aromatic amines is 1. The molecule has 2 saturated heterocycles. The van der Waals surface area contributed by atoms with Crippen molar-refractivity contribution in [3.05, 3.63) is 64.7 Å². The lowest BCUT2D eigenvalue weighted by Gasteiger charge is -2.31. The average molecular weight is 706 g/mol. The Morgan fingerprint density at radius 1 is 0.808 bits per heavy atom. The Morgan fingerprint density at radius 2 is 1.48 bits per heavy atom. The molecule has 0 unspecified atom stereocenters. The highest BCUT2D eigenvalue weighted by molar-refractivity contribution is 6.05. The van der Waals surface area contributed by atoms with Gasteiger partial charge in [0, 0.05) is 35.5 Å². The van der Waals surface area contributed by atoms with Crippen LogP contribution in [0.5, 0.6) is 5.75 Å². The first-order valence-electron chi connectivity index (χ1n) is 18.9. The monoisotopic (exact) mass is 705 g/mol. The van der Waals surface area contributed by atoms with Crippen molar-refractivity contribution in [2.45, 2.75) is 142 Å². The molecule has 1 aliphatic carbocycles. The number of aliphatic imine (C=N–C) groups is 1. The number of likely N-dealkylation sites (tertiary alicyclic amines) is 2. The maximum atomic E-state index is 13.2. The summed E-state index contributed by atoms with van der Waals surface area (Å²) in [7, 11) is 0. The molecule has 1 N–H and O–H groups in total. The van der Waals surface area contributed by atoms with E-state index in [1.54, 1.807) is 0 Å². The minimum absolute atomic E-state index is 0.0366. The summed E-state index contributed by atoms with van der Waals surface area (Å²) in [6.07, 6.45) is 7.46. The van der Waals surface area contributed by atoms with Crippen molar-refractivity contribution in [2.24, 2.45) is 4.99 Å². The number of hydrogen-bond acceptors (Lipinski definition) is 7. The molecular formula is C42H51N5O5. The third-order valence-corrected chi connectivity index (χ3v) is 11.1. The van der Waals surface area contributed by atoms with Crippen LogP contribution in [0.15, 0.2) is 47.2 Å². The molecule has 5 aliphatic rings. The van der Waals surface area contributed by atoms with Gasteiger partial charge in [0.05, 0.1) is 24.0 Å². The number of nitrogens with zero attached hydrogens (tertiary/aromatic N) is 4. The van der Waals surface area contributed by atoms with Gasteiger partial charge in [0.15, 0.2) is 0 Å². The summed E-state index contributed by atoms with van der Waals surface area (Å²) in [5, 5.41) is 0. The molecule has 5 heterocycles. The second-order valence-electron chi connectivity index (χ2n) is 17.2. The van der Waals surface area contributed by atoms with Crippen LogP contribution < -0.4 is 4.74 Å². The molecule has 4 aliphatic heterocycles. The first-order chi connectivity index (χ1) is 24.6. The molecule has 10 nitrogen and oxygen atoms in total. The largest absolute Gasteiger partial charge is 0.488 e. The van der Waals surface area contributed by atoms with Crippen LogP contribution in [0.1, 0.15) is 122 Å². The van der Waals surface area contributed by atoms with Crippen molar-refractivity contribution in [1.82, 2.24) is 19.8 Å². The van der Waals surface area contributed by atoms with Gasteiger partial charge in [0.2, 0.25) is 0 Å². The van der Waals surface area contributed by atoms with Gasteiger partial charge in [0.25, 0.3) is 0 Å². The fourth-order valence-corrected chi connectivity index (χ4v) is 8.67. The minimum atomic E-state index is -0.558. The van der Waals surface area contributed by atoms with Crippen molar-refractivity contribution in [3.63, 3.8) is 0 Å². The fraction of sp³-hybridized carbons (Fsp3) is 0.524. The van der Waals surface area contributed by atoms with Gasteiger partial charge < -0.3 is 19.2 Å². The Morgan fingerprint density at radius 3 is 2.17 bits per heavy atom. The van der Waals surface area contributed by atoms with Crippen molar-refractivity contribution < 1.29 is 23.8 Å². The van der Waals surface area contributed by atoms with Gasteiger partial charge >= 0.3 is 12.2 Å². The van der Waals surface area contributed by atoms with Crippen LogP contribution in [0.4, 0.5) is 9.59 Å².